The van der Waals surface area contributed by atoms with Gasteiger partial charge in [-0.2, -0.15) is 0 Å². The molecule has 0 aromatic carbocycles. The van der Waals surface area contributed by atoms with Crippen LogP contribution in [0.1, 0.15) is 86.5 Å². The maximum Gasteiger partial charge on any atom is 0.411 e. The Bertz CT molecular complexity index is 641. The first-order chi connectivity index (χ1) is 12.8. The van der Waals surface area contributed by atoms with Crippen LogP contribution in [0.15, 0.2) is 11.3 Å². The fourth-order valence-electron chi connectivity index (χ4n) is 4.82. The highest BCUT2D eigenvalue weighted by Gasteiger charge is 2.48. The molecule has 3 rings (SSSR count). The van der Waals surface area contributed by atoms with Crippen LogP contribution in [0.25, 0.3) is 0 Å². The second-order valence-corrected chi connectivity index (χ2v) is 16.3. The van der Waals surface area contributed by atoms with Crippen LogP contribution in [-0.2, 0) is 9.16 Å². The van der Waals surface area contributed by atoms with E-state index in [1.165, 1.54) is 30.6 Å². The standard InChI is InChI=1S/C23H41NO3Si/c1-22(2,3)26-21(25)24-17-13-12-16-10-9-11-19(20(16)18(24)15-14-17)27-28(7,8)23(4,5)6/h16-18H,9-15H2,1-8H3/t16-,17-,18-/m1/s1. The minimum atomic E-state index is -1.89. The van der Waals surface area contributed by atoms with E-state index in [4.69, 9.17) is 9.16 Å². The summed E-state index contributed by atoms with van der Waals surface area (Å²) in [5.41, 5.74) is 0.992. The second kappa shape index (κ2) is 7.37. The Morgan fingerprint density at radius 3 is 2.25 bits per heavy atom. The summed E-state index contributed by atoms with van der Waals surface area (Å²) in [6.45, 7) is 17.5. The molecule has 3 atom stereocenters. The van der Waals surface area contributed by atoms with Gasteiger partial charge in [-0.05, 0) is 88.9 Å². The molecule has 0 aromatic rings. The molecule has 0 saturated carbocycles. The molecule has 2 fully saturated rings. The van der Waals surface area contributed by atoms with Crippen LogP contribution >= 0.6 is 0 Å². The maximum absolute atomic E-state index is 13.1. The van der Waals surface area contributed by atoms with Crippen molar-refractivity contribution in [2.24, 2.45) is 5.92 Å². The van der Waals surface area contributed by atoms with Crippen LogP contribution < -0.4 is 0 Å². The summed E-state index contributed by atoms with van der Waals surface area (Å²) in [7, 11) is -1.89. The van der Waals surface area contributed by atoms with E-state index in [1.807, 2.05) is 20.8 Å². The summed E-state index contributed by atoms with van der Waals surface area (Å²) in [5, 5.41) is 0.182. The van der Waals surface area contributed by atoms with Crippen molar-refractivity contribution in [2.75, 3.05) is 0 Å². The topological polar surface area (TPSA) is 38.8 Å². The number of rotatable bonds is 2. The lowest BCUT2D eigenvalue weighted by molar-refractivity contribution is 0.0173. The van der Waals surface area contributed by atoms with Gasteiger partial charge in [-0.25, -0.2) is 4.79 Å². The first kappa shape index (κ1) is 21.7. The van der Waals surface area contributed by atoms with E-state index < -0.39 is 13.9 Å². The quantitative estimate of drug-likeness (QED) is 0.483. The predicted molar refractivity (Wildman–Crippen MR) is 117 cm³/mol. The summed E-state index contributed by atoms with van der Waals surface area (Å²) < 4.78 is 12.7. The molecule has 1 amide bonds. The zero-order valence-electron chi connectivity index (χ0n) is 19.4. The molecule has 0 N–H and O–H groups in total. The van der Waals surface area contributed by atoms with Gasteiger partial charge in [-0.15, -0.1) is 0 Å². The minimum absolute atomic E-state index is 0.134. The number of allylic oxidation sites excluding steroid dienone is 1. The van der Waals surface area contributed by atoms with Crippen molar-refractivity contribution in [1.29, 1.82) is 0 Å². The van der Waals surface area contributed by atoms with E-state index in [1.54, 1.807) is 0 Å². The van der Waals surface area contributed by atoms with Gasteiger partial charge in [-0.3, -0.25) is 4.90 Å². The molecule has 28 heavy (non-hydrogen) atoms. The van der Waals surface area contributed by atoms with E-state index in [-0.39, 0.29) is 17.2 Å². The van der Waals surface area contributed by atoms with Gasteiger partial charge in [0.1, 0.15) is 5.60 Å². The van der Waals surface area contributed by atoms with Crippen LogP contribution in [0, 0.1) is 5.92 Å². The Morgan fingerprint density at radius 2 is 1.64 bits per heavy atom. The molecule has 5 heteroatoms. The largest absolute Gasteiger partial charge is 0.546 e. The average Bonchev–Trinajstić information content (AvgIpc) is 2.84. The van der Waals surface area contributed by atoms with Crippen molar-refractivity contribution in [3.63, 3.8) is 0 Å². The van der Waals surface area contributed by atoms with Gasteiger partial charge in [0.05, 0.1) is 11.8 Å². The molecular weight excluding hydrogens is 366 g/mol. The zero-order chi connectivity index (χ0) is 20.9. The van der Waals surface area contributed by atoms with Gasteiger partial charge in [0.25, 0.3) is 0 Å². The summed E-state index contributed by atoms with van der Waals surface area (Å²) in [5.74, 6) is 1.80. The highest BCUT2D eigenvalue weighted by Crippen LogP contribution is 2.48. The Hall–Kier alpha value is -0.973. The predicted octanol–water partition coefficient (Wildman–Crippen LogP) is 6.62. The molecule has 0 radical (unpaired) electrons. The molecular formula is C23H41NO3Si. The van der Waals surface area contributed by atoms with Crippen molar-refractivity contribution in [3.8, 4) is 0 Å². The lowest BCUT2D eigenvalue weighted by atomic mass is 9.78. The Morgan fingerprint density at radius 1 is 1.00 bits per heavy atom. The Labute approximate surface area is 173 Å². The van der Waals surface area contributed by atoms with E-state index in [9.17, 15) is 4.79 Å². The van der Waals surface area contributed by atoms with Crippen LogP contribution in [0.2, 0.25) is 18.1 Å². The SMILES string of the molecule is CC(C)(C)OC(=O)N1[C@@H]2CC[C@H]3CCCC(O[Si](C)(C)C(C)(C)C)=C3[C@H]1CC2. The van der Waals surface area contributed by atoms with Crippen LogP contribution in [0.5, 0.6) is 0 Å². The van der Waals surface area contributed by atoms with Crippen molar-refractivity contribution in [1.82, 2.24) is 4.90 Å². The Kier molecular flexibility index (Phi) is 5.72. The lowest BCUT2D eigenvalue weighted by Crippen LogP contribution is -2.45. The molecule has 2 aliphatic heterocycles. The Balaban J connectivity index is 1.96. The van der Waals surface area contributed by atoms with Crippen LogP contribution in [0.3, 0.4) is 0 Å². The first-order valence-corrected chi connectivity index (χ1v) is 14.1. The molecule has 0 spiro atoms. The maximum atomic E-state index is 13.1. The van der Waals surface area contributed by atoms with E-state index in [0.717, 1.165) is 25.7 Å². The highest BCUT2D eigenvalue weighted by atomic mass is 28.4. The van der Waals surface area contributed by atoms with Gasteiger partial charge in [-0.1, -0.05) is 20.8 Å². The van der Waals surface area contributed by atoms with Gasteiger partial charge in [0, 0.05) is 12.5 Å². The number of amides is 1. The molecule has 160 valence electrons. The highest BCUT2D eigenvalue weighted by molar-refractivity contribution is 6.74. The number of carbonyl (C=O) groups is 1. The van der Waals surface area contributed by atoms with Crippen LogP contribution in [-0.4, -0.2) is 37.0 Å². The fraction of sp³-hybridized carbons (Fsp3) is 0.870. The summed E-state index contributed by atoms with van der Waals surface area (Å²) in [6, 6.07) is 0.500. The van der Waals surface area contributed by atoms with Gasteiger partial charge < -0.3 is 9.16 Å². The van der Waals surface area contributed by atoms with Crippen LogP contribution in [0.4, 0.5) is 4.79 Å². The number of hydrogen-bond acceptors (Lipinski definition) is 3. The molecule has 0 aromatic heterocycles. The zero-order valence-corrected chi connectivity index (χ0v) is 20.4. The van der Waals surface area contributed by atoms with Gasteiger partial charge in [0.2, 0.25) is 8.32 Å². The second-order valence-electron chi connectivity index (χ2n) is 11.5. The summed E-state index contributed by atoms with van der Waals surface area (Å²) in [4.78, 5) is 15.2. The number of carbonyl (C=O) groups excluding carboxylic acids is 1. The molecule has 2 saturated heterocycles. The molecule has 0 unspecified atom stereocenters. The summed E-state index contributed by atoms with van der Waals surface area (Å²) >= 11 is 0. The third kappa shape index (κ3) is 4.29. The molecule has 4 nitrogen and oxygen atoms in total. The summed E-state index contributed by atoms with van der Waals surface area (Å²) in [6.07, 6.45) is 7.77. The first-order valence-electron chi connectivity index (χ1n) is 11.2. The molecule has 2 heterocycles. The van der Waals surface area contributed by atoms with E-state index in [2.05, 4.69) is 38.8 Å². The number of nitrogens with zero attached hydrogens (tertiary/aromatic N) is 1. The van der Waals surface area contributed by atoms with Crippen molar-refractivity contribution in [2.45, 2.75) is 122 Å². The number of hydrogen-bond donors (Lipinski definition) is 0. The lowest BCUT2D eigenvalue weighted by Gasteiger charge is -2.41. The van der Waals surface area contributed by atoms with Crippen molar-refractivity contribution < 1.29 is 14.0 Å². The number of ether oxygens (including phenoxy) is 1. The smallest absolute Gasteiger partial charge is 0.411 e. The van der Waals surface area contributed by atoms with E-state index in [0.29, 0.717) is 12.0 Å². The third-order valence-corrected chi connectivity index (χ3v) is 11.6. The molecule has 1 aliphatic carbocycles. The van der Waals surface area contributed by atoms with E-state index >= 15 is 0 Å². The van der Waals surface area contributed by atoms with Crippen molar-refractivity contribution >= 4 is 14.4 Å². The van der Waals surface area contributed by atoms with Gasteiger partial charge in [0.15, 0.2) is 0 Å². The normalized spacial score (nSPS) is 28.7. The van der Waals surface area contributed by atoms with Gasteiger partial charge >= 0.3 is 6.09 Å². The average molecular weight is 408 g/mol. The monoisotopic (exact) mass is 407 g/mol. The molecule has 3 aliphatic rings. The third-order valence-electron chi connectivity index (χ3n) is 7.22. The number of fused-ring (bicyclic) bond motifs is 4. The fourth-order valence-corrected chi connectivity index (χ4v) is 5.96. The molecule has 2 bridgehead atoms. The van der Waals surface area contributed by atoms with Crippen molar-refractivity contribution in [3.05, 3.63) is 11.3 Å². The minimum Gasteiger partial charge on any atom is -0.546 e.